The topological polar surface area (TPSA) is 98.1 Å². The van der Waals surface area contributed by atoms with Crippen molar-refractivity contribution in [1.29, 1.82) is 0 Å². The monoisotopic (exact) mass is 333 g/mol. The predicted octanol–water partition coefficient (Wildman–Crippen LogP) is 0.763. The molecule has 1 aromatic heterocycles. The highest BCUT2D eigenvalue weighted by Gasteiger charge is 2.22. The lowest BCUT2D eigenvalue weighted by molar-refractivity contribution is 0.567. The standard InChI is InChI=1S/C11H12FN3O4S2/c1-15-7-8(6-13-15)14-21(18,19)11-5-9(20(2,16)17)3-4-10(11)12/h3-7,14H,1-2H3. The Balaban J connectivity index is 2.49. The van der Waals surface area contributed by atoms with Crippen LogP contribution in [0.3, 0.4) is 0 Å². The maximum Gasteiger partial charge on any atom is 0.264 e. The van der Waals surface area contributed by atoms with Gasteiger partial charge in [-0.2, -0.15) is 5.10 Å². The van der Waals surface area contributed by atoms with Gasteiger partial charge >= 0.3 is 0 Å². The molecule has 2 aromatic rings. The van der Waals surface area contributed by atoms with Crippen LogP contribution >= 0.6 is 0 Å². The molecule has 0 bridgehead atoms. The Morgan fingerprint density at radius 2 is 1.90 bits per heavy atom. The number of rotatable bonds is 4. The van der Waals surface area contributed by atoms with Gasteiger partial charge in [0.05, 0.1) is 16.8 Å². The molecule has 0 saturated heterocycles. The number of nitrogens with one attached hydrogen (secondary N) is 1. The largest absolute Gasteiger partial charge is 0.276 e. The molecule has 10 heteroatoms. The van der Waals surface area contributed by atoms with Gasteiger partial charge in [-0.15, -0.1) is 0 Å². The number of benzene rings is 1. The minimum Gasteiger partial charge on any atom is -0.276 e. The van der Waals surface area contributed by atoms with E-state index in [9.17, 15) is 21.2 Å². The minimum atomic E-state index is -4.26. The Labute approximate surface area is 121 Å². The molecule has 0 aliphatic carbocycles. The van der Waals surface area contributed by atoms with Crippen molar-refractivity contribution in [2.75, 3.05) is 11.0 Å². The highest BCUT2D eigenvalue weighted by molar-refractivity contribution is 7.93. The Morgan fingerprint density at radius 3 is 2.43 bits per heavy atom. The number of anilines is 1. The number of sulfonamides is 1. The van der Waals surface area contributed by atoms with Crippen LogP contribution in [0.5, 0.6) is 0 Å². The van der Waals surface area contributed by atoms with Gasteiger partial charge in [-0.3, -0.25) is 9.40 Å². The van der Waals surface area contributed by atoms with Crippen LogP contribution in [-0.4, -0.2) is 32.9 Å². The maximum absolute atomic E-state index is 13.7. The quantitative estimate of drug-likeness (QED) is 0.833. The minimum absolute atomic E-state index is 0.140. The third-order valence-electron chi connectivity index (χ3n) is 2.58. The van der Waals surface area contributed by atoms with Crippen LogP contribution in [0.25, 0.3) is 0 Å². The zero-order valence-corrected chi connectivity index (χ0v) is 12.7. The van der Waals surface area contributed by atoms with Crippen LogP contribution in [0.1, 0.15) is 0 Å². The zero-order chi connectivity index (χ0) is 15.8. The molecule has 0 saturated carbocycles. The summed E-state index contributed by atoms with van der Waals surface area (Å²) in [6.45, 7) is 0. The molecular weight excluding hydrogens is 321 g/mol. The lowest BCUT2D eigenvalue weighted by Gasteiger charge is -2.08. The fourth-order valence-electron chi connectivity index (χ4n) is 1.60. The summed E-state index contributed by atoms with van der Waals surface area (Å²) in [6, 6.07) is 2.59. The van der Waals surface area contributed by atoms with E-state index in [1.165, 1.54) is 17.1 Å². The van der Waals surface area contributed by atoms with E-state index in [2.05, 4.69) is 9.82 Å². The number of nitrogens with zero attached hydrogens (tertiary/aromatic N) is 2. The molecule has 114 valence electrons. The lowest BCUT2D eigenvalue weighted by atomic mass is 10.3. The van der Waals surface area contributed by atoms with Crippen LogP contribution < -0.4 is 4.72 Å². The summed E-state index contributed by atoms with van der Waals surface area (Å²) >= 11 is 0. The smallest absolute Gasteiger partial charge is 0.264 e. The van der Waals surface area contributed by atoms with Gasteiger partial charge in [-0.25, -0.2) is 21.2 Å². The normalized spacial score (nSPS) is 12.3. The average Bonchev–Trinajstić information content (AvgIpc) is 2.72. The number of aromatic nitrogens is 2. The Hall–Kier alpha value is -1.94. The van der Waals surface area contributed by atoms with Gasteiger partial charge in [0.25, 0.3) is 10.0 Å². The molecule has 7 nitrogen and oxygen atoms in total. The molecule has 0 amide bonds. The first-order chi connectivity index (χ1) is 9.59. The van der Waals surface area contributed by atoms with E-state index >= 15 is 0 Å². The first-order valence-corrected chi connectivity index (χ1v) is 8.98. The molecule has 1 N–H and O–H groups in total. The van der Waals surface area contributed by atoms with Gasteiger partial charge in [0.1, 0.15) is 10.7 Å². The zero-order valence-electron chi connectivity index (χ0n) is 11.1. The van der Waals surface area contributed by atoms with Crippen molar-refractivity contribution in [3.05, 3.63) is 36.4 Å². The van der Waals surface area contributed by atoms with Crippen molar-refractivity contribution >= 4 is 25.5 Å². The first-order valence-electron chi connectivity index (χ1n) is 5.61. The highest BCUT2D eigenvalue weighted by Crippen LogP contribution is 2.22. The van der Waals surface area contributed by atoms with Crippen LogP contribution in [0.15, 0.2) is 40.4 Å². The van der Waals surface area contributed by atoms with E-state index in [-0.39, 0.29) is 10.6 Å². The van der Waals surface area contributed by atoms with E-state index in [0.717, 1.165) is 24.5 Å². The van der Waals surface area contributed by atoms with Gasteiger partial charge in [0.2, 0.25) is 0 Å². The summed E-state index contributed by atoms with van der Waals surface area (Å²) in [4.78, 5) is -1.02. The van der Waals surface area contributed by atoms with Crippen LogP contribution in [0.4, 0.5) is 10.1 Å². The number of halogens is 1. The molecule has 0 atom stereocenters. The third-order valence-corrected chi connectivity index (χ3v) is 5.08. The lowest BCUT2D eigenvalue weighted by Crippen LogP contribution is -2.15. The van der Waals surface area contributed by atoms with Crippen LogP contribution in [0.2, 0.25) is 0 Å². The third kappa shape index (κ3) is 3.39. The summed E-state index contributed by atoms with van der Waals surface area (Å²) in [6.07, 6.45) is 3.54. The summed E-state index contributed by atoms with van der Waals surface area (Å²) in [7, 11) is -6.32. The van der Waals surface area contributed by atoms with Crippen molar-refractivity contribution in [3.63, 3.8) is 0 Å². The molecule has 2 rings (SSSR count). The summed E-state index contributed by atoms with van der Waals surface area (Å²) < 4.78 is 64.3. The molecule has 21 heavy (non-hydrogen) atoms. The molecule has 0 radical (unpaired) electrons. The van der Waals surface area contributed by atoms with Crippen molar-refractivity contribution in [3.8, 4) is 0 Å². The fourth-order valence-corrected chi connectivity index (χ4v) is 3.46. The molecule has 0 aliphatic rings. The molecule has 0 unspecified atom stereocenters. The maximum atomic E-state index is 13.7. The summed E-state index contributed by atoms with van der Waals surface area (Å²) in [5, 5.41) is 3.77. The predicted molar refractivity (Wildman–Crippen MR) is 73.5 cm³/mol. The summed E-state index contributed by atoms with van der Waals surface area (Å²) in [5.74, 6) is -1.04. The average molecular weight is 333 g/mol. The molecule has 0 fully saturated rings. The SMILES string of the molecule is Cn1cc(NS(=O)(=O)c2cc(S(C)(=O)=O)ccc2F)cn1. The number of hydrogen-bond acceptors (Lipinski definition) is 5. The van der Waals surface area contributed by atoms with Crippen molar-refractivity contribution in [2.45, 2.75) is 9.79 Å². The molecule has 0 aliphatic heterocycles. The number of hydrogen-bond donors (Lipinski definition) is 1. The van der Waals surface area contributed by atoms with Crippen LogP contribution in [0, 0.1) is 5.82 Å². The van der Waals surface area contributed by atoms with Crippen molar-refractivity contribution in [2.24, 2.45) is 7.05 Å². The highest BCUT2D eigenvalue weighted by atomic mass is 32.2. The summed E-state index contributed by atoms with van der Waals surface area (Å²) in [5.41, 5.74) is 0.140. The Kier molecular flexibility index (Phi) is 3.76. The second kappa shape index (κ2) is 5.11. The van der Waals surface area contributed by atoms with Gasteiger partial charge in [0, 0.05) is 19.5 Å². The number of sulfone groups is 1. The molecule has 0 spiro atoms. The van der Waals surface area contributed by atoms with Gasteiger partial charge in [0.15, 0.2) is 9.84 Å². The van der Waals surface area contributed by atoms with E-state index in [0.29, 0.717) is 0 Å². The van der Waals surface area contributed by atoms with E-state index < -0.39 is 30.6 Å². The second-order valence-corrected chi connectivity index (χ2v) is 8.04. The Morgan fingerprint density at radius 1 is 1.24 bits per heavy atom. The number of aryl methyl sites for hydroxylation is 1. The van der Waals surface area contributed by atoms with E-state index in [1.807, 2.05) is 0 Å². The molecular formula is C11H12FN3O4S2. The fraction of sp³-hybridized carbons (Fsp3) is 0.182. The first kappa shape index (κ1) is 15.4. The van der Waals surface area contributed by atoms with Gasteiger partial charge < -0.3 is 0 Å². The molecule has 1 heterocycles. The Bertz CT molecular complexity index is 888. The second-order valence-electron chi connectivity index (χ2n) is 4.37. The van der Waals surface area contributed by atoms with E-state index in [4.69, 9.17) is 0 Å². The van der Waals surface area contributed by atoms with Gasteiger partial charge in [-0.1, -0.05) is 0 Å². The van der Waals surface area contributed by atoms with Gasteiger partial charge in [-0.05, 0) is 18.2 Å². The molecule has 1 aromatic carbocycles. The van der Waals surface area contributed by atoms with Crippen molar-refractivity contribution in [1.82, 2.24) is 9.78 Å². The van der Waals surface area contributed by atoms with Crippen LogP contribution in [-0.2, 0) is 26.9 Å². The van der Waals surface area contributed by atoms with Crippen molar-refractivity contribution < 1.29 is 21.2 Å². The van der Waals surface area contributed by atoms with E-state index in [1.54, 1.807) is 7.05 Å².